The molecule has 0 saturated heterocycles. The molecule has 0 fully saturated rings. The molecule has 0 saturated carbocycles. The van der Waals surface area contributed by atoms with E-state index in [2.05, 4.69) is 15.3 Å². The third kappa shape index (κ3) is 3.53. The van der Waals surface area contributed by atoms with Crippen molar-refractivity contribution in [3.8, 4) is 0 Å². The Morgan fingerprint density at radius 1 is 1.00 bits per heavy atom. The minimum absolute atomic E-state index is 0.0553. The van der Waals surface area contributed by atoms with Crippen LogP contribution in [-0.2, 0) is 6.54 Å². The lowest BCUT2D eigenvalue weighted by Gasteiger charge is -2.12. The van der Waals surface area contributed by atoms with E-state index < -0.39 is 5.91 Å². The normalized spacial score (nSPS) is 10.8. The van der Waals surface area contributed by atoms with E-state index >= 15 is 0 Å². The Balaban J connectivity index is 1.79. The van der Waals surface area contributed by atoms with E-state index in [0.29, 0.717) is 18.0 Å². The van der Waals surface area contributed by atoms with Gasteiger partial charge in [0.15, 0.2) is 0 Å². The summed E-state index contributed by atoms with van der Waals surface area (Å²) in [4.78, 5) is 34.4. The molecule has 6 heteroatoms. The number of hydrogen-bond donors (Lipinski definition) is 1. The molecule has 28 heavy (non-hydrogen) atoms. The Morgan fingerprint density at radius 2 is 1.82 bits per heavy atom. The smallest absolute Gasteiger partial charge is 0.265 e. The molecule has 3 aromatic heterocycles. The Bertz CT molecular complexity index is 1220. The summed E-state index contributed by atoms with van der Waals surface area (Å²) in [6.45, 7) is 2.24. The van der Waals surface area contributed by atoms with E-state index in [4.69, 9.17) is 0 Å². The number of hydrogen-bond acceptors (Lipinski definition) is 4. The number of fused-ring (bicyclic) bond motifs is 1. The summed E-state index contributed by atoms with van der Waals surface area (Å²) < 4.78 is 1.53. The zero-order valence-corrected chi connectivity index (χ0v) is 15.3. The SMILES string of the molecule is Cc1ccnc(NC(=O)c2cc3cccnc3n(Cc3ccccc3)c2=O)c1. The second-order valence-electron chi connectivity index (χ2n) is 6.52. The van der Waals surface area contributed by atoms with Gasteiger partial charge in [0.25, 0.3) is 11.5 Å². The minimum atomic E-state index is -0.490. The van der Waals surface area contributed by atoms with Crippen LogP contribution in [0.3, 0.4) is 0 Å². The van der Waals surface area contributed by atoms with Crippen LogP contribution < -0.4 is 10.9 Å². The van der Waals surface area contributed by atoms with E-state index in [1.807, 2.05) is 49.4 Å². The van der Waals surface area contributed by atoms with Crippen molar-refractivity contribution in [1.29, 1.82) is 0 Å². The molecule has 4 rings (SSSR count). The summed E-state index contributed by atoms with van der Waals surface area (Å²) >= 11 is 0. The monoisotopic (exact) mass is 370 g/mol. The summed E-state index contributed by atoms with van der Waals surface area (Å²) in [6, 6.07) is 18.4. The molecule has 4 aromatic rings. The molecule has 1 N–H and O–H groups in total. The zero-order valence-electron chi connectivity index (χ0n) is 15.3. The number of amides is 1. The van der Waals surface area contributed by atoms with Crippen LogP contribution in [0.5, 0.6) is 0 Å². The number of nitrogens with one attached hydrogen (secondary N) is 1. The van der Waals surface area contributed by atoms with Crippen LogP contribution in [-0.4, -0.2) is 20.4 Å². The van der Waals surface area contributed by atoms with Gasteiger partial charge < -0.3 is 5.32 Å². The van der Waals surface area contributed by atoms with Crippen LogP contribution in [0, 0.1) is 6.92 Å². The molecule has 1 aromatic carbocycles. The predicted molar refractivity (Wildman–Crippen MR) is 108 cm³/mol. The fourth-order valence-electron chi connectivity index (χ4n) is 3.07. The van der Waals surface area contributed by atoms with Crippen molar-refractivity contribution in [2.75, 3.05) is 5.32 Å². The highest BCUT2D eigenvalue weighted by molar-refractivity contribution is 6.05. The van der Waals surface area contributed by atoms with Crippen LogP contribution in [0.2, 0.25) is 0 Å². The molecule has 0 aliphatic carbocycles. The Labute approximate surface area is 161 Å². The summed E-state index contributed by atoms with van der Waals surface area (Å²) in [5, 5.41) is 3.43. The van der Waals surface area contributed by atoms with E-state index in [-0.39, 0.29) is 11.1 Å². The molecule has 1 amide bonds. The van der Waals surface area contributed by atoms with Crippen LogP contribution in [0.15, 0.2) is 77.9 Å². The Morgan fingerprint density at radius 3 is 2.61 bits per heavy atom. The maximum Gasteiger partial charge on any atom is 0.265 e. The first-order chi connectivity index (χ1) is 13.6. The number of rotatable bonds is 4. The quantitative estimate of drug-likeness (QED) is 0.597. The lowest BCUT2D eigenvalue weighted by Crippen LogP contribution is -2.30. The van der Waals surface area contributed by atoms with Crippen molar-refractivity contribution in [3.05, 3.63) is 100 Å². The molecular formula is C22H18N4O2. The van der Waals surface area contributed by atoms with Crippen molar-refractivity contribution in [2.45, 2.75) is 13.5 Å². The van der Waals surface area contributed by atoms with Gasteiger partial charge in [0.2, 0.25) is 0 Å². The van der Waals surface area contributed by atoms with Gasteiger partial charge in [0.05, 0.1) is 6.54 Å². The summed E-state index contributed by atoms with van der Waals surface area (Å²) in [7, 11) is 0. The Kier molecular flexibility index (Phi) is 4.68. The fraction of sp³-hybridized carbons (Fsp3) is 0.0909. The summed E-state index contributed by atoms with van der Waals surface area (Å²) in [5.41, 5.74) is 2.13. The lowest BCUT2D eigenvalue weighted by atomic mass is 10.1. The highest BCUT2D eigenvalue weighted by atomic mass is 16.2. The molecular weight excluding hydrogens is 352 g/mol. The maximum absolute atomic E-state index is 13.1. The summed E-state index contributed by atoms with van der Waals surface area (Å²) in [5.74, 6) is -0.0824. The van der Waals surface area contributed by atoms with Crippen molar-refractivity contribution in [3.63, 3.8) is 0 Å². The molecule has 0 atom stereocenters. The lowest BCUT2D eigenvalue weighted by molar-refractivity contribution is 0.102. The fourth-order valence-corrected chi connectivity index (χ4v) is 3.07. The second kappa shape index (κ2) is 7.44. The van der Waals surface area contributed by atoms with Gasteiger partial charge >= 0.3 is 0 Å². The maximum atomic E-state index is 13.1. The highest BCUT2D eigenvalue weighted by Gasteiger charge is 2.17. The average molecular weight is 370 g/mol. The number of benzene rings is 1. The number of pyridine rings is 3. The molecule has 138 valence electrons. The van der Waals surface area contributed by atoms with Gasteiger partial charge in [0.1, 0.15) is 17.0 Å². The predicted octanol–water partition coefficient (Wildman–Crippen LogP) is 3.40. The molecule has 0 unspecified atom stereocenters. The number of carbonyl (C=O) groups is 1. The number of nitrogens with zero attached hydrogens (tertiary/aromatic N) is 3. The molecule has 0 aliphatic rings. The van der Waals surface area contributed by atoms with Crippen molar-refractivity contribution in [1.82, 2.24) is 14.5 Å². The summed E-state index contributed by atoms with van der Waals surface area (Å²) in [6.07, 6.45) is 3.25. The largest absolute Gasteiger partial charge is 0.306 e. The topological polar surface area (TPSA) is 76.9 Å². The van der Waals surface area contributed by atoms with Gasteiger partial charge in [-0.3, -0.25) is 14.2 Å². The van der Waals surface area contributed by atoms with Gasteiger partial charge in [-0.2, -0.15) is 0 Å². The van der Waals surface area contributed by atoms with Gasteiger partial charge in [-0.1, -0.05) is 30.3 Å². The zero-order chi connectivity index (χ0) is 19.5. The van der Waals surface area contributed by atoms with Crippen LogP contribution >= 0.6 is 0 Å². The van der Waals surface area contributed by atoms with Gasteiger partial charge in [0, 0.05) is 17.8 Å². The first kappa shape index (κ1) is 17.6. The first-order valence-corrected chi connectivity index (χ1v) is 8.88. The van der Waals surface area contributed by atoms with E-state index in [9.17, 15) is 9.59 Å². The number of aromatic nitrogens is 3. The Hall–Kier alpha value is -3.80. The van der Waals surface area contributed by atoms with Crippen LogP contribution in [0.25, 0.3) is 11.0 Å². The molecule has 0 bridgehead atoms. The van der Waals surface area contributed by atoms with Crippen molar-refractivity contribution in [2.24, 2.45) is 0 Å². The van der Waals surface area contributed by atoms with E-state index in [1.54, 1.807) is 30.6 Å². The average Bonchev–Trinajstić information content (AvgIpc) is 2.70. The van der Waals surface area contributed by atoms with Gasteiger partial charge in [-0.05, 0) is 48.4 Å². The standard InChI is InChI=1S/C22H18N4O2/c1-15-9-11-23-19(12-15)25-21(27)18-13-17-8-5-10-24-20(17)26(22(18)28)14-16-6-3-2-4-7-16/h2-13H,14H2,1H3,(H,23,25,27). The molecule has 6 nitrogen and oxygen atoms in total. The van der Waals surface area contributed by atoms with Gasteiger partial charge in [-0.25, -0.2) is 9.97 Å². The number of anilines is 1. The van der Waals surface area contributed by atoms with Crippen LogP contribution in [0.1, 0.15) is 21.5 Å². The second-order valence-corrected chi connectivity index (χ2v) is 6.52. The molecule has 0 radical (unpaired) electrons. The first-order valence-electron chi connectivity index (χ1n) is 8.88. The molecule has 0 spiro atoms. The van der Waals surface area contributed by atoms with E-state index in [1.165, 1.54) is 4.57 Å². The van der Waals surface area contributed by atoms with Crippen molar-refractivity contribution < 1.29 is 4.79 Å². The molecule has 0 aliphatic heterocycles. The number of carbonyl (C=O) groups excluding carboxylic acids is 1. The van der Waals surface area contributed by atoms with Gasteiger partial charge in [-0.15, -0.1) is 0 Å². The minimum Gasteiger partial charge on any atom is -0.306 e. The third-order valence-electron chi connectivity index (χ3n) is 4.43. The third-order valence-corrected chi connectivity index (χ3v) is 4.43. The number of aryl methyl sites for hydroxylation is 1. The van der Waals surface area contributed by atoms with Crippen molar-refractivity contribution >= 4 is 22.8 Å². The molecule has 3 heterocycles. The highest BCUT2D eigenvalue weighted by Crippen LogP contribution is 2.14. The van der Waals surface area contributed by atoms with E-state index in [0.717, 1.165) is 16.5 Å². The van der Waals surface area contributed by atoms with Crippen LogP contribution in [0.4, 0.5) is 5.82 Å².